The standard InChI is InChI=1S/C16H21N3O2.ClH/c1-11-5-6-13(9-12(11)2)20-10-14-18-15(19-21-14)16(17)7-3-4-8-16;/h5-6,9H,3-4,7-8,10,17H2,1-2H3;1H. The predicted octanol–water partition coefficient (Wildman–Crippen LogP) is 3.42. The number of nitrogens with zero attached hydrogens (tertiary/aromatic N) is 2. The van der Waals surface area contributed by atoms with Crippen LogP contribution in [0.2, 0.25) is 0 Å². The lowest BCUT2D eigenvalue weighted by Gasteiger charge is -2.17. The molecule has 2 N–H and O–H groups in total. The van der Waals surface area contributed by atoms with Crippen molar-refractivity contribution in [1.29, 1.82) is 0 Å². The zero-order chi connectivity index (χ0) is 14.9. The maximum atomic E-state index is 6.31. The van der Waals surface area contributed by atoms with Crippen LogP contribution in [-0.4, -0.2) is 10.1 Å². The lowest BCUT2D eigenvalue weighted by Crippen LogP contribution is -2.34. The number of nitrogens with two attached hydrogens (primary N) is 1. The average Bonchev–Trinajstić information content (AvgIpc) is 3.10. The number of hydrogen-bond acceptors (Lipinski definition) is 5. The topological polar surface area (TPSA) is 74.2 Å². The Labute approximate surface area is 136 Å². The van der Waals surface area contributed by atoms with Gasteiger partial charge in [-0.3, -0.25) is 0 Å². The van der Waals surface area contributed by atoms with Gasteiger partial charge in [-0.1, -0.05) is 24.1 Å². The van der Waals surface area contributed by atoms with Crippen molar-refractivity contribution in [3.8, 4) is 5.75 Å². The van der Waals surface area contributed by atoms with Crippen LogP contribution in [0.25, 0.3) is 0 Å². The Morgan fingerprint density at radius 1 is 1.23 bits per heavy atom. The van der Waals surface area contributed by atoms with E-state index in [2.05, 4.69) is 24.0 Å². The average molecular weight is 324 g/mol. The first-order chi connectivity index (χ1) is 10.1. The maximum Gasteiger partial charge on any atom is 0.264 e. The molecule has 22 heavy (non-hydrogen) atoms. The minimum atomic E-state index is -0.414. The number of hydrogen-bond donors (Lipinski definition) is 1. The van der Waals surface area contributed by atoms with Crippen LogP contribution in [0, 0.1) is 13.8 Å². The zero-order valence-electron chi connectivity index (χ0n) is 13.0. The lowest BCUT2D eigenvalue weighted by molar-refractivity contribution is 0.241. The van der Waals surface area contributed by atoms with Crippen LogP contribution < -0.4 is 10.5 Å². The first-order valence-corrected chi connectivity index (χ1v) is 7.39. The molecule has 1 aromatic heterocycles. The van der Waals surface area contributed by atoms with Crippen molar-refractivity contribution in [2.75, 3.05) is 0 Å². The molecule has 2 aromatic rings. The van der Waals surface area contributed by atoms with Gasteiger partial charge in [0.05, 0.1) is 5.54 Å². The van der Waals surface area contributed by atoms with Gasteiger partial charge in [-0.15, -0.1) is 12.4 Å². The van der Waals surface area contributed by atoms with E-state index in [0.717, 1.165) is 31.4 Å². The van der Waals surface area contributed by atoms with Crippen molar-refractivity contribution in [2.45, 2.75) is 51.7 Å². The van der Waals surface area contributed by atoms with Crippen molar-refractivity contribution < 1.29 is 9.26 Å². The van der Waals surface area contributed by atoms with Gasteiger partial charge in [0.15, 0.2) is 12.4 Å². The summed E-state index contributed by atoms with van der Waals surface area (Å²) in [6.45, 7) is 4.41. The number of ether oxygens (including phenoxy) is 1. The van der Waals surface area contributed by atoms with Crippen LogP contribution in [-0.2, 0) is 12.1 Å². The van der Waals surface area contributed by atoms with Crippen LogP contribution in [0.4, 0.5) is 0 Å². The van der Waals surface area contributed by atoms with Crippen LogP contribution >= 0.6 is 12.4 Å². The molecule has 120 valence electrons. The molecular formula is C16H22ClN3O2. The highest BCUT2D eigenvalue weighted by Crippen LogP contribution is 2.34. The fourth-order valence-electron chi connectivity index (χ4n) is 2.69. The summed E-state index contributed by atoms with van der Waals surface area (Å²) in [5, 5.41) is 4.02. The molecule has 0 saturated heterocycles. The Kier molecular flexibility index (Phi) is 5.08. The highest BCUT2D eigenvalue weighted by molar-refractivity contribution is 5.85. The van der Waals surface area contributed by atoms with Gasteiger partial charge < -0.3 is 15.0 Å². The Balaban J connectivity index is 0.00000176. The Bertz CT molecular complexity index is 636. The number of aromatic nitrogens is 2. The second kappa shape index (κ2) is 6.67. The van der Waals surface area contributed by atoms with Crippen molar-refractivity contribution in [3.05, 3.63) is 41.0 Å². The van der Waals surface area contributed by atoms with Gasteiger partial charge in [-0.2, -0.15) is 4.98 Å². The molecule has 0 radical (unpaired) electrons. The van der Waals surface area contributed by atoms with Crippen molar-refractivity contribution in [1.82, 2.24) is 10.1 Å². The fraction of sp³-hybridized carbons (Fsp3) is 0.500. The van der Waals surface area contributed by atoms with Gasteiger partial charge in [-0.25, -0.2) is 0 Å². The normalized spacial score (nSPS) is 16.3. The summed E-state index contributed by atoms with van der Waals surface area (Å²) in [7, 11) is 0. The highest BCUT2D eigenvalue weighted by atomic mass is 35.5. The second-order valence-electron chi connectivity index (χ2n) is 5.91. The van der Waals surface area contributed by atoms with E-state index >= 15 is 0 Å². The van der Waals surface area contributed by atoms with Crippen LogP contribution in [0.5, 0.6) is 5.75 Å². The number of aryl methyl sites for hydroxylation is 2. The van der Waals surface area contributed by atoms with Gasteiger partial charge in [0.1, 0.15) is 5.75 Å². The molecule has 1 aliphatic rings. The molecule has 1 aromatic carbocycles. The van der Waals surface area contributed by atoms with Crippen LogP contribution in [0.3, 0.4) is 0 Å². The summed E-state index contributed by atoms with van der Waals surface area (Å²) >= 11 is 0. The highest BCUT2D eigenvalue weighted by Gasteiger charge is 2.35. The summed E-state index contributed by atoms with van der Waals surface area (Å²) < 4.78 is 11.0. The third-order valence-corrected chi connectivity index (χ3v) is 4.25. The molecular weight excluding hydrogens is 302 g/mol. The Hall–Kier alpha value is -1.59. The SMILES string of the molecule is Cc1ccc(OCc2nc(C3(N)CCCC3)no2)cc1C.Cl. The summed E-state index contributed by atoms with van der Waals surface area (Å²) in [5.41, 5.74) is 8.34. The van der Waals surface area contributed by atoms with E-state index in [1.165, 1.54) is 11.1 Å². The van der Waals surface area contributed by atoms with E-state index in [0.29, 0.717) is 11.7 Å². The summed E-state index contributed by atoms with van der Waals surface area (Å²) in [6.07, 6.45) is 4.09. The number of halogens is 1. The van der Waals surface area contributed by atoms with Crippen molar-refractivity contribution in [2.24, 2.45) is 5.73 Å². The van der Waals surface area contributed by atoms with E-state index < -0.39 is 5.54 Å². The molecule has 3 rings (SSSR count). The molecule has 0 amide bonds. The van der Waals surface area contributed by atoms with Gasteiger partial charge in [0, 0.05) is 0 Å². The smallest absolute Gasteiger partial charge is 0.264 e. The van der Waals surface area contributed by atoms with Gasteiger partial charge in [0.25, 0.3) is 5.89 Å². The van der Waals surface area contributed by atoms with Crippen LogP contribution in [0.1, 0.15) is 48.5 Å². The summed E-state index contributed by atoms with van der Waals surface area (Å²) in [5.74, 6) is 1.89. The Morgan fingerprint density at radius 3 is 2.64 bits per heavy atom. The monoisotopic (exact) mass is 323 g/mol. The van der Waals surface area contributed by atoms with E-state index in [1.54, 1.807) is 0 Å². The van der Waals surface area contributed by atoms with Crippen LogP contribution in [0.15, 0.2) is 22.7 Å². The number of rotatable bonds is 4. The first kappa shape index (κ1) is 16.8. The minimum absolute atomic E-state index is 0. The van der Waals surface area contributed by atoms with E-state index in [9.17, 15) is 0 Å². The van der Waals surface area contributed by atoms with Gasteiger partial charge in [-0.05, 0) is 49.9 Å². The lowest BCUT2D eigenvalue weighted by atomic mass is 9.99. The fourth-order valence-corrected chi connectivity index (χ4v) is 2.69. The molecule has 5 nitrogen and oxygen atoms in total. The molecule has 1 aliphatic carbocycles. The molecule has 0 atom stereocenters. The molecule has 6 heteroatoms. The van der Waals surface area contributed by atoms with Gasteiger partial charge >= 0.3 is 0 Å². The molecule has 1 fully saturated rings. The zero-order valence-corrected chi connectivity index (χ0v) is 13.8. The van der Waals surface area contributed by atoms with E-state index in [4.69, 9.17) is 15.0 Å². The molecule has 1 heterocycles. The summed E-state index contributed by atoms with van der Waals surface area (Å²) in [6, 6.07) is 5.99. The third kappa shape index (κ3) is 3.42. The van der Waals surface area contributed by atoms with Crippen molar-refractivity contribution in [3.63, 3.8) is 0 Å². The molecule has 0 bridgehead atoms. The summed E-state index contributed by atoms with van der Waals surface area (Å²) in [4.78, 5) is 4.39. The number of benzene rings is 1. The first-order valence-electron chi connectivity index (χ1n) is 7.39. The van der Waals surface area contributed by atoms with E-state index in [-0.39, 0.29) is 19.0 Å². The third-order valence-electron chi connectivity index (χ3n) is 4.25. The molecule has 0 unspecified atom stereocenters. The van der Waals surface area contributed by atoms with E-state index in [1.807, 2.05) is 18.2 Å². The molecule has 0 aliphatic heterocycles. The quantitative estimate of drug-likeness (QED) is 0.933. The second-order valence-corrected chi connectivity index (χ2v) is 5.91. The molecule has 1 saturated carbocycles. The minimum Gasteiger partial charge on any atom is -0.484 e. The molecule has 0 spiro atoms. The maximum absolute atomic E-state index is 6.31. The largest absolute Gasteiger partial charge is 0.484 e. The predicted molar refractivity (Wildman–Crippen MR) is 86.1 cm³/mol. The van der Waals surface area contributed by atoms with Gasteiger partial charge in [0.2, 0.25) is 0 Å². The Morgan fingerprint density at radius 2 is 1.95 bits per heavy atom. The van der Waals surface area contributed by atoms with Crippen molar-refractivity contribution >= 4 is 12.4 Å².